The number of halogens is 2. The van der Waals surface area contributed by atoms with Crippen molar-refractivity contribution in [2.75, 3.05) is 5.32 Å². The average molecular weight is 344 g/mol. The molecular weight excluding hydrogens is 329 g/mol. The molecule has 0 fully saturated rings. The summed E-state index contributed by atoms with van der Waals surface area (Å²) < 4.78 is 14.2. The summed E-state index contributed by atoms with van der Waals surface area (Å²) in [4.78, 5) is 0. The first-order valence-corrected chi connectivity index (χ1v) is 7.64. The second-order valence-corrected chi connectivity index (χ2v) is 5.91. The van der Waals surface area contributed by atoms with Crippen molar-refractivity contribution in [3.8, 4) is 0 Å². The molecule has 0 bridgehead atoms. The topological polar surface area (TPSA) is 12.0 Å². The van der Waals surface area contributed by atoms with E-state index in [1.54, 1.807) is 6.07 Å². The van der Waals surface area contributed by atoms with Gasteiger partial charge < -0.3 is 5.32 Å². The molecule has 0 aliphatic carbocycles. The number of benzene rings is 3. The lowest BCUT2D eigenvalue weighted by Gasteiger charge is -2.19. The van der Waals surface area contributed by atoms with Crippen molar-refractivity contribution in [3.05, 3.63) is 76.5 Å². The van der Waals surface area contributed by atoms with E-state index in [0.717, 1.165) is 10.2 Å². The van der Waals surface area contributed by atoms with Crippen molar-refractivity contribution < 1.29 is 4.39 Å². The zero-order valence-electron chi connectivity index (χ0n) is 11.6. The van der Waals surface area contributed by atoms with Crippen LogP contribution in [0.15, 0.2) is 65.1 Å². The smallest absolute Gasteiger partial charge is 0.125 e. The van der Waals surface area contributed by atoms with E-state index in [0.29, 0.717) is 0 Å². The summed E-state index contributed by atoms with van der Waals surface area (Å²) >= 11 is 3.45. The fraction of sp³-hybridized carbons (Fsp3) is 0.111. The second-order valence-electron chi connectivity index (χ2n) is 5.06. The van der Waals surface area contributed by atoms with E-state index in [2.05, 4.69) is 58.5 Å². The first-order valence-electron chi connectivity index (χ1n) is 6.84. The normalized spacial score (nSPS) is 12.3. The van der Waals surface area contributed by atoms with Crippen LogP contribution < -0.4 is 5.32 Å². The van der Waals surface area contributed by atoms with Gasteiger partial charge >= 0.3 is 0 Å². The number of hydrogen-bond donors (Lipinski definition) is 1. The Labute approximate surface area is 131 Å². The average Bonchev–Trinajstić information content (AvgIpc) is 2.50. The fourth-order valence-corrected chi connectivity index (χ4v) is 2.91. The van der Waals surface area contributed by atoms with Gasteiger partial charge in [-0.3, -0.25) is 0 Å². The van der Waals surface area contributed by atoms with Gasteiger partial charge in [0.25, 0.3) is 0 Å². The molecule has 1 nitrogen and oxygen atoms in total. The summed E-state index contributed by atoms with van der Waals surface area (Å²) in [6.07, 6.45) is 0. The van der Waals surface area contributed by atoms with Crippen LogP contribution in [0.1, 0.15) is 18.5 Å². The number of rotatable bonds is 3. The third-order valence-electron chi connectivity index (χ3n) is 3.59. The molecule has 3 heteroatoms. The number of nitrogens with one attached hydrogen (secondary N) is 1. The maximum absolute atomic E-state index is 13.4. The molecule has 3 aromatic rings. The Balaban J connectivity index is 1.97. The highest BCUT2D eigenvalue weighted by atomic mass is 79.9. The van der Waals surface area contributed by atoms with Gasteiger partial charge in [0.05, 0.1) is 5.69 Å². The van der Waals surface area contributed by atoms with Crippen LogP contribution in [-0.2, 0) is 0 Å². The summed E-state index contributed by atoms with van der Waals surface area (Å²) in [6.45, 7) is 2.08. The van der Waals surface area contributed by atoms with E-state index in [1.165, 1.54) is 28.5 Å². The Bertz CT molecular complexity index is 780. The lowest BCUT2D eigenvalue weighted by Crippen LogP contribution is -2.07. The van der Waals surface area contributed by atoms with E-state index in [1.807, 2.05) is 12.1 Å². The minimum Gasteiger partial charge on any atom is -0.378 e. The van der Waals surface area contributed by atoms with Crippen molar-refractivity contribution in [1.29, 1.82) is 0 Å². The van der Waals surface area contributed by atoms with E-state index in [9.17, 15) is 4.39 Å². The lowest BCUT2D eigenvalue weighted by atomic mass is 9.99. The third-order valence-corrected chi connectivity index (χ3v) is 4.28. The van der Waals surface area contributed by atoms with Crippen molar-refractivity contribution >= 4 is 32.4 Å². The van der Waals surface area contributed by atoms with Crippen molar-refractivity contribution in [2.45, 2.75) is 13.0 Å². The van der Waals surface area contributed by atoms with Crippen LogP contribution in [-0.4, -0.2) is 0 Å². The predicted octanol–water partition coefficient (Wildman–Crippen LogP) is 5.91. The third kappa shape index (κ3) is 2.93. The highest BCUT2D eigenvalue weighted by Crippen LogP contribution is 2.30. The molecule has 0 amide bonds. The number of anilines is 1. The molecule has 0 saturated heterocycles. The van der Waals surface area contributed by atoms with Crippen LogP contribution in [0.5, 0.6) is 0 Å². The van der Waals surface area contributed by atoms with Gasteiger partial charge in [0.1, 0.15) is 5.82 Å². The maximum Gasteiger partial charge on any atom is 0.125 e. The summed E-state index contributed by atoms with van der Waals surface area (Å²) in [7, 11) is 0. The predicted molar refractivity (Wildman–Crippen MR) is 90.1 cm³/mol. The van der Waals surface area contributed by atoms with Gasteiger partial charge in [0.15, 0.2) is 0 Å². The minimum atomic E-state index is -0.245. The Morgan fingerprint density at radius 3 is 2.62 bits per heavy atom. The summed E-state index contributed by atoms with van der Waals surface area (Å²) in [6, 6.07) is 19.3. The molecule has 3 aromatic carbocycles. The molecule has 0 aromatic heterocycles. The molecule has 21 heavy (non-hydrogen) atoms. The van der Waals surface area contributed by atoms with Crippen LogP contribution >= 0.6 is 15.9 Å². The van der Waals surface area contributed by atoms with E-state index >= 15 is 0 Å². The first kappa shape index (κ1) is 14.1. The van der Waals surface area contributed by atoms with Gasteiger partial charge in [-0.05, 0) is 57.4 Å². The summed E-state index contributed by atoms with van der Waals surface area (Å²) in [5.74, 6) is -0.245. The molecular formula is C18H15BrFN. The monoisotopic (exact) mass is 343 g/mol. The second kappa shape index (κ2) is 5.86. The van der Waals surface area contributed by atoms with Gasteiger partial charge in [-0.15, -0.1) is 0 Å². The fourth-order valence-electron chi connectivity index (χ4n) is 2.55. The van der Waals surface area contributed by atoms with Gasteiger partial charge in [-0.2, -0.15) is 0 Å². The first-order chi connectivity index (χ1) is 10.1. The molecule has 0 aliphatic rings. The van der Waals surface area contributed by atoms with Crippen molar-refractivity contribution in [2.24, 2.45) is 0 Å². The zero-order valence-corrected chi connectivity index (χ0v) is 13.2. The van der Waals surface area contributed by atoms with Crippen LogP contribution in [0.25, 0.3) is 10.8 Å². The standard InChI is InChI=1S/C18H15BrFN/c1-12(21-18-11-14(20)9-10-17(18)19)15-8-4-6-13-5-2-3-7-16(13)15/h2-12,21H,1H3. The molecule has 106 valence electrons. The SMILES string of the molecule is CC(Nc1cc(F)ccc1Br)c1cccc2ccccc12. The summed E-state index contributed by atoms with van der Waals surface area (Å²) in [5, 5.41) is 5.80. The molecule has 3 rings (SSSR count). The van der Waals surface area contributed by atoms with Crippen LogP contribution in [0.3, 0.4) is 0 Å². The van der Waals surface area contributed by atoms with Gasteiger partial charge in [0, 0.05) is 10.5 Å². The highest BCUT2D eigenvalue weighted by Gasteiger charge is 2.11. The number of fused-ring (bicyclic) bond motifs is 1. The quantitative estimate of drug-likeness (QED) is 0.622. The molecule has 1 unspecified atom stereocenters. The van der Waals surface area contributed by atoms with E-state index in [-0.39, 0.29) is 11.9 Å². The Morgan fingerprint density at radius 1 is 1.00 bits per heavy atom. The molecule has 0 spiro atoms. The van der Waals surface area contributed by atoms with E-state index < -0.39 is 0 Å². The van der Waals surface area contributed by atoms with Crippen LogP contribution in [0.4, 0.5) is 10.1 Å². The Kier molecular flexibility index (Phi) is 3.93. The Hall–Kier alpha value is -1.87. The molecule has 0 aliphatic heterocycles. The maximum atomic E-state index is 13.4. The molecule has 0 heterocycles. The molecule has 1 atom stereocenters. The lowest BCUT2D eigenvalue weighted by molar-refractivity contribution is 0.627. The highest BCUT2D eigenvalue weighted by molar-refractivity contribution is 9.10. The van der Waals surface area contributed by atoms with Gasteiger partial charge in [0.2, 0.25) is 0 Å². The number of hydrogen-bond acceptors (Lipinski definition) is 1. The molecule has 0 saturated carbocycles. The molecule has 0 radical (unpaired) electrons. The van der Waals surface area contributed by atoms with Crippen LogP contribution in [0.2, 0.25) is 0 Å². The minimum absolute atomic E-state index is 0.0780. The molecule has 1 N–H and O–H groups in total. The van der Waals surface area contributed by atoms with Crippen molar-refractivity contribution in [3.63, 3.8) is 0 Å². The summed E-state index contributed by atoms with van der Waals surface area (Å²) in [5.41, 5.74) is 1.96. The van der Waals surface area contributed by atoms with Gasteiger partial charge in [-0.25, -0.2) is 4.39 Å². The van der Waals surface area contributed by atoms with Crippen molar-refractivity contribution in [1.82, 2.24) is 0 Å². The van der Waals surface area contributed by atoms with E-state index in [4.69, 9.17) is 0 Å². The Morgan fingerprint density at radius 2 is 1.76 bits per heavy atom. The van der Waals surface area contributed by atoms with Crippen LogP contribution in [0, 0.1) is 5.82 Å². The zero-order chi connectivity index (χ0) is 14.8. The largest absolute Gasteiger partial charge is 0.378 e. The van der Waals surface area contributed by atoms with Gasteiger partial charge in [-0.1, -0.05) is 42.5 Å².